The molecular weight excluding hydrogens is 278 g/mol. The van der Waals surface area contributed by atoms with Crippen LogP contribution in [0.1, 0.15) is 35.7 Å². The van der Waals surface area contributed by atoms with E-state index in [1.807, 2.05) is 25.1 Å². The Morgan fingerprint density at radius 3 is 2.91 bits per heavy atom. The first-order valence-corrected chi connectivity index (χ1v) is 7.17. The molecule has 2 aromatic rings. The summed E-state index contributed by atoms with van der Waals surface area (Å²) in [7, 11) is 1.66. The minimum absolute atomic E-state index is 0.107. The lowest BCUT2D eigenvalue weighted by molar-refractivity contribution is 0.413. The fourth-order valence-corrected chi connectivity index (χ4v) is 2.82. The number of aromatic nitrogens is 3. The Hall–Kier alpha value is -2.68. The lowest BCUT2D eigenvalue weighted by Gasteiger charge is -2.35. The third-order valence-electron chi connectivity index (χ3n) is 3.95. The van der Waals surface area contributed by atoms with Crippen LogP contribution in [0.3, 0.4) is 0 Å². The van der Waals surface area contributed by atoms with Crippen LogP contribution in [-0.4, -0.2) is 28.6 Å². The van der Waals surface area contributed by atoms with Gasteiger partial charge < -0.3 is 9.64 Å². The average molecular weight is 295 g/mol. The summed E-state index contributed by atoms with van der Waals surface area (Å²) in [6.07, 6.45) is 2.53. The largest absolute Gasteiger partial charge is 0.497 e. The second-order valence-corrected chi connectivity index (χ2v) is 5.33. The normalized spacial score (nSPS) is 16.8. The van der Waals surface area contributed by atoms with E-state index in [9.17, 15) is 0 Å². The monoisotopic (exact) mass is 295 g/mol. The van der Waals surface area contributed by atoms with E-state index in [4.69, 9.17) is 10.00 Å². The zero-order valence-electron chi connectivity index (χ0n) is 12.9. The lowest BCUT2D eigenvalue weighted by Crippen LogP contribution is -2.35. The summed E-state index contributed by atoms with van der Waals surface area (Å²) >= 11 is 0. The zero-order valence-corrected chi connectivity index (χ0v) is 12.9. The molecular formula is C16H17N5O. The predicted octanol–water partition coefficient (Wildman–Crippen LogP) is 2.18. The van der Waals surface area contributed by atoms with E-state index >= 15 is 0 Å². The number of methoxy groups -OCH3 is 1. The molecule has 0 N–H and O–H groups in total. The molecule has 1 unspecified atom stereocenters. The second-order valence-electron chi connectivity index (χ2n) is 5.33. The Kier molecular flexibility index (Phi) is 3.63. The van der Waals surface area contributed by atoms with Gasteiger partial charge in [0.05, 0.1) is 18.8 Å². The molecule has 112 valence electrons. The number of ether oxygens (including phenoxy) is 1. The molecule has 6 nitrogen and oxygen atoms in total. The number of hydrogen-bond acceptors (Lipinski definition) is 6. The summed E-state index contributed by atoms with van der Waals surface area (Å²) in [6.45, 7) is 4.86. The molecule has 0 spiro atoms. The summed E-state index contributed by atoms with van der Waals surface area (Å²) < 4.78 is 5.33. The third kappa shape index (κ3) is 2.46. The van der Waals surface area contributed by atoms with Gasteiger partial charge in [-0.3, -0.25) is 0 Å². The van der Waals surface area contributed by atoms with Crippen molar-refractivity contribution in [1.29, 1.82) is 5.26 Å². The van der Waals surface area contributed by atoms with Crippen LogP contribution in [0.4, 0.5) is 5.82 Å². The van der Waals surface area contributed by atoms with E-state index in [0.717, 1.165) is 41.5 Å². The van der Waals surface area contributed by atoms with Crippen LogP contribution in [0, 0.1) is 18.3 Å². The van der Waals surface area contributed by atoms with E-state index in [1.165, 1.54) is 0 Å². The maximum absolute atomic E-state index is 8.91. The number of nitriles is 1. The number of hydrogen-bond donors (Lipinski definition) is 0. The van der Waals surface area contributed by atoms with E-state index in [0.29, 0.717) is 0 Å². The Balaban J connectivity index is 1.97. The van der Waals surface area contributed by atoms with Crippen LogP contribution in [0.5, 0.6) is 5.75 Å². The number of nitrogens with zero attached hydrogens (tertiary/aromatic N) is 5. The molecule has 0 aromatic carbocycles. The topological polar surface area (TPSA) is 74.9 Å². The summed E-state index contributed by atoms with van der Waals surface area (Å²) in [6, 6.07) is 5.95. The first-order valence-electron chi connectivity index (χ1n) is 7.17. The number of aryl methyl sites for hydroxylation is 1. The molecule has 1 atom stereocenters. The number of anilines is 1. The summed E-state index contributed by atoms with van der Waals surface area (Å²) in [4.78, 5) is 15.2. The summed E-state index contributed by atoms with van der Waals surface area (Å²) in [5.41, 5.74) is 2.92. The Labute approximate surface area is 129 Å². The van der Waals surface area contributed by atoms with Gasteiger partial charge in [-0.25, -0.2) is 15.0 Å². The quantitative estimate of drug-likeness (QED) is 0.845. The maximum Gasteiger partial charge on any atom is 0.232 e. The summed E-state index contributed by atoms with van der Waals surface area (Å²) in [5, 5.41) is 8.91. The molecule has 1 aliphatic heterocycles. The first-order chi connectivity index (χ1) is 10.6. The van der Waals surface area contributed by atoms with Crippen molar-refractivity contribution >= 4 is 5.82 Å². The van der Waals surface area contributed by atoms with Crippen molar-refractivity contribution in [3.8, 4) is 11.8 Å². The number of fused-ring (bicyclic) bond motifs is 1. The highest BCUT2D eigenvalue weighted by atomic mass is 16.5. The van der Waals surface area contributed by atoms with Crippen LogP contribution in [0.2, 0.25) is 0 Å². The zero-order chi connectivity index (χ0) is 15.7. The molecule has 3 heterocycles. The fourth-order valence-electron chi connectivity index (χ4n) is 2.82. The molecule has 0 aliphatic carbocycles. The van der Waals surface area contributed by atoms with E-state index in [1.54, 1.807) is 13.3 Å². The Morgan fingerprint density at radius 2 is 2.18 bits per heavy atom. The van der Waals surface area contributed by atoms with Crippen LogP contribution >= 0.6 is 0 Å². The van der Waals surface area contributed by atoms with E-state index < -0.39 is 0 Å². The second kappa shape index (κ2) is 5.60. The highest BCUT2D eigenvalue weighted by molar-refractivity contribution is 5.49. The van der Waals surface area contributed by atoms with Gasteiger partial charge in [0.25, 0.3) is 0 Å². The molecule has 0 saturated heterocycles. The van der Waals surface area contributed by atoms with Crippen molar-refractivity contribution in [2.24, 2.45) is 0 Å². The summed E-state index contributed by atoms with van der Waals surface area (Å²) in [5.74, 6) is 1.92. The number of pyridine rings is 1. The fraction of sp³-hybridized carbons (Fsp3) is 0.375. The molecule has 2 aromatic heterocycles. The number of rotatable bonds is 2. The van der Waals surface area contributed by atoms with Crippen LogP contribution in [0.15, 0.2) is 18.3 Å². The van der Waals surface area contributed by atoms with Crippen molar-refractivity contribution in [1.82, 2.24) is 15.0 Å². The van der Waals surface area contributed by atoms with Crippen molar-refractivity contribution in [2.75, 3.05) is 18.6 Å². The van der Waals surface area contributed by atoms with Gasteiger partial charge in [0.2, 0.25) is 5.82 Å². The molecule has 0 saturated carbocycles. The van der Waals surface area contributed by atoms with Crippen molar-refractivity contribution in [3.05, 3.63) is 41.1 Å². The van der Waals surface area contributed by atoms with Gasteiger partial charge in [-0.05, 0) is 13.8 Å². The molecule has 0 bridgehead atoms. The average Bonchev–Trinajstić information content (AvgIpc) is 2.54. The van der Waals surface area contributed by atoms with Gasteiger partial charge >= 0.3 is 0 Å². The molecule has 0 radical (unpaired) electrons. The highest BCUT2D eigenvalue weighted by Crippen LogP contribution is 2.32. The minimum atomic E-state index is 0.107. The van der Waals surface area contributed by atoms with E-state index in [-0.39, 0.29) is 11.9 Å². The molecule has 0 amide bonds. The molecule has 6 heteroatoms. The van der Waals surface area contributed by atoms with Gasteiger partial charge in [-0.1, -0.05) is 0 Å². The molecule has 3 rings (SSSR count). The van der Waals surface area contributed by atoms with Crippen LogP contribution in [-0.2, 0) is 6.42 Å². The smallest absolute Gasteiger partial charge is 0.232 e. The first kappa shape index (κ1) is 14.3. The van der Waals surface area contributed by atoms with Crippen molar-refractivity contribution in [2.45, 2.75) is 26.3 Å². The van der Waals surface area contributed by atoms with Crippen LogP contribution < -0.4 is 9.64 Å². The molecule has 22 heavy (non-hydrogen) atoms. The lowest BCUT2D eigenvalue weighted by atomic mass is 9.99. The van der Waals surface area contributed by atoms with Gasteiger partial charge in [-0.2, -0.15) is 5.26 Å². The van der Waals surface area contributed by atoms with Gasteiger partial charge in [-0.15, -0.1) is 0 Å². The standard InChI is InChI=1S/C16H17N5O/c1-10-6-12(22-3)7-16(19-10)21-5-4-14-13(11(21)2)9-18-15(8-17)20-14/h6-7,9,11H,4-5H2,1-3H3. The van der Waals surface area contributed by atoms with Crippen molar-refractivity contribution in [3.63, 3.8) is 0 Å². The van der Waals surface area contributed by atoms with Gasteiger partial charge in [0, 0.05) is 42.6 Å². The van der Waals surface area contributed by atoms with E-state index in [2.05, 4.69) is 26.8 Å². The third-order valence-corrected chi connectivity index (χ3v) is 3.95. The SMILES string of the molecule is COc1cc(C)nc(N2CCc3nc(C#N)ncc3C2C)c1. The minimum Gasteiger partial charge on any atom is -0.497 e. The Morgan fingerprint density at radius 1 is 1.36 bits per heavy atom. The highest BCUT2D eigenvalue weighted by Gasteiger charge is 2.27. The molecule has 1 aliphatic rings. The predicted molar refractivity (Wildman–Crippen MR) is 81.7 cm³/mol. The Bertz CT molecular complexity index is 753. The molecule has 0 fully saturated rings. The van der Waals surface area contributed by atoms with Gasteiger partial charge in [0.1, 0.15) is 17.6 Å². The van der Waals surface area contributed by atoms with Gasteiger partial charge in [0.15, 0.2) is 0 Å². The maximum atomic E-state index is 8.91. The van der Waals surface area contributed by atoms with Crippen LogP contribution in [0.25, 0.3) is 0 Å². The van der Waals surface area contributed by atoms with Crippen molar-refractivity contribution < 1.29 is 4.74 Å².